The van der Waals surface area contributed by atoms with Gasteiger partial charge in [0.2, 0.25) is 5.95 Å². The molecule has 3 aromatic rings. The van der Waals surface area contributed by atoms with Crippen molar-refractivity contribution < 1.29 is 4.39 Å². The van der Waals surface area contributed by atoms with Crippen LogP contribution in [0.15, 0.2) is 54.7 Å². The highest BCUT2D eigenvalue weighted by atomic mass is 19.1. The molecule has 1 N–H and O–H groups in total. The van der Waals surface area contributed by atoms with Crippen LogP contribution in [0.1, 0.15) is 30.7 Å². The lowest BCUT2D eigenvalue weighted by Crippen LogP contribution is -2.45. The minimum absolute atomic E-state index is 0.256. The number of fused-ring (bicyclic) bond motifs is 1. The number of benzene rings is 2. The topological polar surface area (TPSA) is 44.3 Å². The molecule has 162 valence electrons. The highest BCUT2D eigenvalue weighted by Crippen LogP contribution is 2.26. The van der Waals surface area contributed by atoms with Crippen molar-refractivity contribution in [3.63, 3.8) is 0 Å². The Morgan fingerprint density at radius 3 is 2.68 bits per heavy atom. The Labute approximate surface area is 183 Å². The zero-order chi connectivity index (χ0) is 21.0. The average molecular weight is 420 g/mol. The van der Waals surface area contributed by atoms with E-state index in [2.05, 4.69) is 55.4 Å². The molecule has 0 bridgehead atoms. The van der Waals surface area contributed by atoms with Crippen molar-refractivity contribution in [3.05, 3.63) is 66.1 Å². The largest absolute Gasteiger partial charge is 0.341 e. The van der Waals surface area contributed by atoms with Gasteiger partial charge in [-0.1, -0.05) is 30.3 Å². The minimum Gasteiger partial charge on any atom is -0.341 e. The molecule has 1 unspecified atom stereocenters. The van der Waals surface area contributed by atoms with E-state index in [1.807, 2.05) is 0 Å². The molecule has 0 spiro atoms. The van der Waals surface area contributed by atoms with Gasteiger partial charge in [0, 0.05) is 56.4 Å². The number of halogens is 1. The van der Waals surface area contributed by atoms with Crippen LogP contribution < -0.4 is 10.2 Å². The van der Waals surface area contributed by atoms with Gasteiger partial charge < -0.3 is 15.1 Å². The van der Waals surface area contributed by atoms with E-state index in [0.29, 0.717) is 23.4 Å². The first-order valence-electron chi connectivity index (χ1n) is 11.4. The Morgan fingerprint density at radius 1 is 1.00 bits per heavy atom. The van der Waals surface area contributed by atoms with Gasteiger partial charge in [-0.3, -0.25) is 0 Å². The monoisotopic (exact) mass is 419 g/mol. The fraction of sp³-hybridized carbons (Fsp3) is 0.440. The maximum atomic E-state index is 13.5. The Morgan fingerprint density at radius 2 is 1.84 bits per heavy atom. The van der Waals surface area contributed by atoms with Crippen LogP contribution in [-0.2, 0) is 0 Å². The summed E-state index contributed by atoms with van der Waals surface area (Å²) in [5.41, 5.74) is 2.15. The van der Waals surface area contributed by atoms with Gasteiger partial charge in [0.25, 0.3) is 0 Å². The third-order valence-corrected chi connectivity index (χ3v) is 6.71. The van der Waals surface area contributed by atoms with Gasteiger partial charge in [-0.2, -0.15) is 0 Å². The zero-order valence-electron chi connectivity index (χ0n) is 17.9. The number of nitrogens with zero attached hydrogens (tertiary/aromatic N) is 4. The van der Waals surface area contributed by atoms with Gasteiger partial charge in [0.15, 0.2) is 0 Å². The molecule has 0 radical (unpaired) electrons. The lowest BCUT2D eigenvalue weighted by atomic mass is 9.99. The molecule has 2 aromatic carbocycles. The first-order chi connectivity index (χ1) is 15.2. The van der Waals surface area contributed by atoms with E-state index in [0.717, 1.165) is 44.4 Å². The molecule has 5 rings (SSSR count). The second-order valence-electron chi connectivity index (χ2n) is 8.79. The molecular weight excluding hydrogens is 389 g/mol. The third kappa shape index (κ3) is 4.86. The summed E-state index contributed by atoms with van der Waals surface area (Å²) >= 11 is 0. The summed E-state index contributed by atoms with van der Waals surface area (Å²) in [5.74, 6) is 1.13. The van der Waals surface area contributed by atoms with Crippen molar-refractivity contribution in [1.29, 1.82) is 0 Å². The van der Waals surface area contributed by atoms with Crippen LogP contribution in [-0.4, -0.2) is 60.2 Å². The first kappa shape index (κ1) is 20.3. The lowest BCUT2D eigenvalue weighted by Gasteiger charge is -2.33. The Kier molecular flexibility index (Phi) is 6.09. The van der Waals surface area contributed by atoms with Gasteiger partial charge in [-0.15, -0.1) is 0 Å². The number of aromatic nitrogens is 2. The van der Waals surface area contributed by atoms with Crippen molar-refractivity contribution in [1.82, 2.24) is 20.2 Å². The van der Waals surface area contributed by atoms with Gasteiger partial charge in [-0.25, -0.2) is 14.4 Å². The van der Waals surface area contributed by atoms with Crippen LogP contribution in [0, 0.1) is 5.82 Å². The molecule has 0 saturated carbocycles. The SMILES string of the molecule is Fc1ccc2cnc(N3CCC(NCCN4CCC(c5ccccc5)C4)CC3)nc2c1. The second-order valence-corrected chi connectivity index (χ2v) is 8.79. The summed E-state index contributed by atoms with van der Waals surface area (Å²) in [4.78, 5) is 13.9. The maximum absolute atomic E-state index is 13.5. The minimum atomic E-state index is -0.256. The third-order valence-electron chi connectivity index (χ3n) is 6.71. The average Bonchev–Trinajstić information content (AvgIpc) is 3.29. The van der Waals surface area contributed by atoms with Gasteiger partial charge >= 0.3 is 0 Å². The fourth-order valence-electron chi connectivity index (χ4n) is 4.88. The van der Waals surface area contributed by atoms with Crippen LogP contribution in [0.3, 0.4) is 0 Å². The maximum Gasteiger partial charge on any atom is 0.225 e. The lowest BCUT2D eigenvalue weighted by molar-refractivity contribution is 0.313. The molecule has 5 nitrogen and oxygen atoms in total. The normalized spacial score (nSPS) is 20.5. The van der Waals surface area contributed by atoms with Crippen molar-refractivity contribution >= 4 is 16.9 Å². The molecule has 0 aliphatic carbocycles. The predicted octanol–water partition coefficient (Wildman–Crippen LogP) is 3.82. The molecule has 31 heavy (non-hydrogen) atoms. The molecule has 2 aliphatic heterocycles. The summed E-state index contributed by atoms with van der Waals surface area (Å²) < 4.78 is 13.5. The number of piperidine rings is 1. The van der Waals surface area contributed by atoms with Crippen LogP contribution >= 0.6 is 0 Å². The van der Waals surface area contributed by atoms with Crippen LogP contribution in [0.25, 0.3) is 10.9 Å². The van der Waals surface area contributed by atoms with Crippen molar-refractivity contribution in [3.8, 4) is 0 Å². The van der Waals surface area contributed by atoms with Crippen molar-refractivity contribution in [2.45, 2.75) is 31.2 Å². The standard InChI is InChI=1S/C25H30FN5/c26-22-7-6-20-17-28-25(29-24(20)16-22)31-13-9-23(10-14-31)27-11-15-30-12-8-21(18-30)19-4-2-1-3-5-19/h1-7,16-17,21,23,27H,8-15,18H2. The Bertz CT molecular complexity index is 1000. The molecule has 2 aliphatic rings. The molecule has 3 heterocycles. The number of likely N-dealkylation sites (tertiary alicyclic amines) is 1. The summed E-state index contributed by atoms with van der Waals surface area (Å²) in [6, 6.07) is 16.1. The fourth-order valence-corrected chi connectivity index (χ4v) is 4.88. The van der Waals surface area contributed by atoms with Crippen molar-refractivity contribution in [2.24, 2.45) is 0 Å². The second kappa shape index (κ2) is 9.28. The molecule has 1 aromatic heterocycles. The quantitative estimate of drug-likeness (QED) is 0.658. The molecule has 1 atom stereocenters. The van der Waals surface area contributed by atoms with E-state index in [-0.39, 0.29) is 5.82 Å². The molecule has 6 heteroatoms. The number of nitrogens with one attached hydrogen (secondary N) is 1. The Balaban J connectivity index is 1.06. The van der Waals surface area contributed by atoms with Gasteiger partial charge in [0.1, 0.15) is 5.82 Å². The van der Waals surface area contributed by atoms with Crippen LogP contribution in [0.4, 0.5) is 10.3 Å². The van der Waals surface area contributed by atoms with E-state index in [4.69, 9.17) is 0 Å². The van der Waals surface area contributed by atoms with Crippen LogP contribution in [0.5, 0.6) is 0 Å². The summed E-state index contributed by atoms with van der Waals surface area (Å²) in [6.45, 7) is 6.38. The Hall–Kier alpha value is -2.57. The number of anilines is 1. The number of rotatable bonds is 6. The van der Waals surface area contributed by atoms with Crippen molar-refractivity contribution in [2.75, 3.05) is 44.2 Å². The van der Waals surface area contributed by atoms with Gasteiger partial charge in [-0.05, 0) is 49.4 Å². The summed E-state index contributed by atoms with van der Waals surface area (Å²) in [7, 11) is 0. The van der Waals surface area contributed by atoms with E-state index >= 15 is 0 Å². The predicted molar refractivity (Wildman–Crippen MR) is 123 cm³/mol. The first-order valence-corrected chi connectivity index (χ1v) is 11.4. The smallest absolute Gasteiger partial charge is 0.225 e. The molecular formula is C25H30FN5. The van der Waals surface area contributed by atoms with Gasteiger partial charge in [0.05, 0.1) is 5.52 Å². The van der Waals surface area contributed by atoms with E-state index in [1.54, 1.807) is 12.3 Å². The van der Waals surface area contributed by atoms with E-state index in [9.17, 15) is 4.39 Å². The van der Waals surface area contributed by atoms with E-state index in [1.165, 1.54) is 37.2 Å². The molecule has 2 saturated heterocycles. The highest BCUT2D eigenvalue weighted by Gasteiger charge is 2.24. The zero-order valence-corrected chi connectivity index (χ0v) is 17.9. The summed E-state index contributed by atoms with van der Waals surface area (Å²) in [6.07, 6.45) is 5.21. The van der Waals surface area contributed by atoms with Crippen LogP contribution in [0.2, 0.25) is 0 Å². The summed E-state index contributed by atoms with van der Waals surface area (Å²) in [5, 5.41) is 4.63. The molecule has 0 amide bonds. The van der Waals surface area contributed by atoms with E-state index < -0.39 is 0 Å². The highest BCUT2D eigenvalue weighted by molar-refractivity contribution is 5.78. The molecule has 2 fully saturated rings. The number of hydrogen-bond donors (Lipinski definition) is 1. The number of hydrogen-bond acceptors (Lipinski definition) is 5.